The molecule has 5 rings (SSSR count). The van der Waals surface area contributed by atoms with Crippen LogP contribution >= 0.6 is 0 Å². The average molecular weight is 409 g/mol. The Balaban J connectivity index is 1.87. The molecule has 0 unspecified atom stereocenters. The van der Waals surface area contributed by atoms with E-state index in [-0.39, 0.29) is 0 Å². The molecule has 2 heteroatoms. The van der Waals surface area contributed by atoms with Crippen molar-refractivity contribution in [2.45, 2.75) is 0 Å². The second-order valence-corrected chi connectivity index (χ2v) is 7.80. The third-order valence-corrected chi connectivity index (χ3v) is 5.74. The van der Waals surface area contributed by atoms with Crippen molar-refractivity contribution in [1.82, 2.24) is 0 Å². The highest BCUT2D eigenvalue weighted by Crippen LogP contribution is 2.42. The van der Waals surface area contributed by atoms with Crippen LogP contribution in [0.15, 0.2) is 127 Å². The highest BCUT2D eigenvalue weighted by molar-refractivity contribution is 6.45. The standard InChI is InChI=1S/C30H22BO/c32-31-27-18-10-17-25(19-27)30-28(23-13-6-2-7-14-23)20-26(22-11-4-1-5-12-22)21-29(30)24-15-8-3-9-16-24/h1-21,32H. The summed E-state index contributed by atoms with van der Waals surface area (Å²) < 4.78 is 0. The van der Waals surface area contributed by atoms with Gasteiger partial charge in [-0.25, -0.2) is 0 Å². The zero-order valence-corrected chi connectivity index (χ0v) is 17.6. The lowest BCUT2D eigenvalue weighted by Gasteiger charge is -2.19. The first kappa shape index (κ1) is 20.1. The number of hydrogen-bond donors (Lipinski definition) is 1. The lowest BCUT2D eigenvalue weighted by Crippen LogP contribution is -2.12. The van der Waals surface area contributed by atoms with Crippen LogP contribution in [-0.2, 0) is 0 Å². The molecule has 5 aromatic rings. The fourth-order valence-corrected chi connectivity index (χ4v) is 4.22. The van der Waals surface area contributed by atoms with Gasteiger partial charge in [-0.3, -0.25) is 0 Å². The minimum atomic E-state index is 0.785. The Hall–Kier alpha value is -3.88. The molecule has 1 nitrogen and oxygen atoms in total. The zero-order chi connectivity index (χ0) is 21.8. The van der Waals surface area contributed by atoms with Crippen molar-refractivity contribution in [2.75, 3.05) is 0 Å². The molecule has 0 atom stereocenters. The van der Waals surface area contributed by atoms with Gasteiger partial charge in [0.05, 0.1) is 0 Å². The Morgan fingerprint density at radius 2 is 0.875 bits per heavy atom. The molecule has 0 aliphatic carbocycles. The Morgan fingerprint density at radius 1 is 0.406 bits per heavy atom. The van der Waals surface area contributed by atoms with Gasteiger partial charge in [0.15, 0.2) is 0 Å². The van der Waals surface area contributed by atoms with Gasteiger partial charge < -0.3 is 5.02 Å². The van der Waals surface area contributed by atoms with Crippen LogP contribution in [0.3, 0.4) is 0 Å². The molecule has 5 aromatic carbocycles. The van der Waals surface area contributed by atoms with Crippen LogP contribution in [-0.4, -0.2) is 12.5 Å². The van der Waals surface area contributed by atoms with Crippen molar-refractivity contribution < 1.29 is 5.02 Å². The van der Waals surface area contributed by atoms with E-state index < -0.39 is 0 Å². The van der Waals surface area contributed by atoms with Gasteiger partial charge in [0, 0.05) is 0 Å². The molecule has 0 heterocycles. The first-order valence-corrected chi connectivity index (χ1v) is 10.8. The molecule has 1 radical (unpaired) electrons. The second-order valence-electron chi connectivity index (χ2n) is 7.80. The summed E-state index contributed by atoms with van der Waals surface area (Å²) in [5.41, 5.74) is 10.0. The highest BCUT2D eigenvalue weighted by atomic mass is 16.2. The van der Waals surface area contributed by atoms with Crippen molar-refractivity contribution in [3.05, 3.63) is 127 Å². The van der Waals surface area contributed by atoms with Gasteiger partial charge >= 0.3 is 7.48 Å². The van der Waals surface area contributed by atoms with Crippen LogP contribution in [0.5, 0.6) is 0 Å². The smallest absolute Gasteiger partial charge is 0.326 e. The van der Waals surface area contributed by atoms with Crippen molar-refractivity contribution in [1.29, 1.82) is 0 Å². The first-order chi connectivity index (χ1) is 15.8. The van der Waals surface area contributed by atoms with E-state index in [2.05, 4.69) is 91.0 Å². The van der Waals surface area contributed by atoms with E-state index in [1.54, 1.807) is 0 Å². The van der Waals surface area contributed by atoms with E-state index in [0.717, 1.165) is 35.2 Å². The quantitative estimate of drug-likeness (QED) is 0.325. The normalized spacial score (nSPS) is 10.7. The van der Waals surface area contributed by atoms with Gasteiger partial charge in [-0.2, -0.15) is 0 Å². The summed E-state index contributed by atoms with van der Waals surface area (Å²) in [6.07, 6.45) is 0. The van der Waals surface area contributed by atoms with Crippen molar-refractivity contribution >= 4 is 12.9 Å². The van der Waals surface area contributed by atoms with Crippen LogP contribution in [0.1, 0.15) is 0 Å². The summed E-state index contributed by atoms with van der Waals surface area (Å²) in [6.45, 7) is 0. The topological polar surface area (TPSA) is 20.2 Å². The minimum absolute atomic E-state index is 0.785. The SMILES string of the molecule is O[B]c1cccc(-c2c(-c3ccccc3)cc(-c3ccccc3)cc2-c2ccccc2)c1. The number of benzene rings is 5. The summed E-state index contributed by atoms with van der Waals surface area (Å²) >= 11 is 0. The van der Waals surface area contributed by atoms with Crippen LogP contribution < -0.4 is 5.46 Å². The fourth-order valence-electron chi connectivity index (χ4n) is 4.22. The van der Waals surface area contributed by atoms with Gasteiger partial charge in [-0.05, 0) is 56.6 Å². The summed E-state index contributed by atoms with van der Waals surface area (Å²) in [5, 5.41) is 9.65. The average Bonchev–Trinajstić information content (AvgIpc) is 2.89. The van der Waals surface area contributed by atoms with E-state index in [1.165, 1.54) is 22.3 Å². The Morgan fingerprint density at radius 3 is 1.38 bits per heavy atom. The van der Waals surface area contributed by atoms with Gasteiger partial charge in [0.25, 0.3) is 0 Å². The maximum atomic E-state index is 9.65. The van der Waals surface area contributed by atoms with Crippen LogP contribution in [0, 0.1) is 0 Å². The number of hydrogen-bond acceptors (Lipinski definition) is 1. The summed E-state index contributed by atoms with van der Waals surface area (Å²) in [6, 6.07) is 44.2. The first-order valence-electron chi connectivity index (χ1n) is 10.8. The third kappa shape index (κ3) is 4.01. The Bertz CT molecular complexity index is 1270. The molecule has 0 fully saturated rings. The summed E-state index contributed by atoms with van der Waals surface area (Å²) in [5.74, 6) is 0. The lowest BCUT2D eigenvalue weighted by atomic mass is 9.81. The van der Waals surface area contributed by atoms with Crippen LogP contribution in [0.4, 0.5) is 0 Å². The zero-order valence-electron chi connectivity index (χ0n) is 17.6. The van der Waals surface area contributed by atoms with Crippen LogP contribution in [0.25, 0.3) is 44.5 Å². The molecular formula is C30H22BO. The van der Waals surface area contributed by atoms with Crippen molar-refractivity contribution in [3.8, 4) is 44.5 Å². The fraction of sp³-hybridized carbons (Fsp3) is 0. The van der Waals surface area contributed by atoms with Gasteiger partial charge in [-0.15, -0.1) is 0 Å². The molecule has 151 valence electrons. The van der Waals surface area contributed by atoms with Gasteiger partial charge in [0.1, 0.15) is 0 Å². The van der Waals surface area contributed by atoms with Crippen molar-refractivity contribution in [2.24, 2.45) is 0 Å². The molecule has 1 N–H and O–H groups in total. The summed E-state index contributed by atoms with van der Waals surface area (Å²) in [4.78, 5) is 0. The second kappa shape index (κ2) is 9.09. The Labute approximate surface area is 189 Å². The largest absolute Gasteiger partial charge is 0.450 e. The monoisotopic (exact) mass is 409 g/mol. The van der Waals surface area contributed by atoms with Gasteiger partial charge in [-0.1, -0.05) is 121 Å². The molecule has 32 heavy (non-hydrogen) atoms. The van der Waals surface area contributed by atoms with Crippen molar-refractivity contribution in [3.63, 3.8) is 0 Å². The molecule has 0 aliphatic rings. The van der Waals surface area contributed by atoms with E-state index >= 15 is 0 Å². The van der Waals surface area contributed by atoms with E-state index in [4.69, 9.17) is 0 Å². The number of rotatable bonds is 5. The Kier molecular flexibility index (Phi) is 5.70. The lowest BCUT2D eigenvalue weighted by molar-refractivity contribution is 0.615. The molecular weight excluding hydrogens is 387 g/mol. The highest BCUT2D eigenvalue weighted by Gasteiger charge is 2.17. The van der Waals surface area contributed by atoms with E-state index in [1.807, 2.05) is 36.4 Å². The molecule has 0 saturated carbocycles. The maximum absolute atomic E-state index is 9.65. The molecule has 0 aromatic heterocycles. The maximum Gasteiger partial charge on any atom is 0.326 e. The third-order valence-electron chi connectivity index (χ3n) is 5.74. The van der Waals surface area contributed by atoms with Crippen LogP contribution in [0.2, 0.25) is 0 Å². The minimum Gasteiger partial charge on any atom is -0.450 e. The predicted molar refractivity (Wildman–Crippen MR) is 136 cm³/mol. The van der Waals surface area contributed by atoms with Gasteiger partial charge in [0.2, 0.25) is 0 Å². The molecule has 0 bridgehead atoms. The predicted octanol–water partition coefficient (Wildman–Crippen LogP) is 6.59. The van der Waals surface area contributed by atoms with E-state index in [0.29, 0.717) is 0 Å². The molecule has 0 saturated heterocycles. The molecule has 0 spiro atoms. The summed E-state index contributed by atoms with van der Waals surface area (Å²) in [7, 11) is 1.16. The van der Waals surface area contributed by atoms with E-state index in [9.17, 15) is 5.02 Å². The molecule has 0 aliphatic heterocycles. The molecule has 0 amide bonds.